The average Bonchev–Trinajstić information content (AvgIpc) is 2.73. The van der Waals surface area contributed by atoms with Gasteiger partial charge in [0.1, 0.15) is 5.75 Å². The maximum atomic E-state index is 13.6. The molecule has 0 bridgehead atoms. The van der Waals surface area contributed by atoms with Crippen molar-refractivity contribution in [3.63, 3.8) is 0 Å². The van der Waals surface area contributed by atoms with Crippen molar-refractivity contribution in [1.82, 2.24) is 4.90 Å². The van der Waals surface area contributed by atoms with Crippen molar-refractivity contribution >= 4 is 16.6 Å². The van der Waals surface area contributed by atoms with Gasteiger partial charge in [0.2, 0.25) is 0 Å². The number of rotatable bonds is 7. The zero-order chi connectivity index (χ0) is 21.1. The minimum atomic E-state index is 0.0913. The Morgan fingerprint density at radius 2 is 2.07 bits per heavy atom. The Morgan fingerprint density at radius 1 is 1.23 bits per heavy atom. The van der Waals surface area contributed by atoms with Crippen LogP contribution < -0.4 is 4.74 Å². The topological polar surface area (TPSA) is 53.3 Å². The molecule has 4 nitrogen and oxygen atoms in total. The fraction of sp³-hybridized carbons (Fsp3) is 0.538. The van der Waals surface area contributed by atoms with E-state index in [-0.39, 0.29) is 11.7 Å². The molecule has 4 rings (SSSR count). The molecular formula is C26H32N2O2. The SMILES string of the molecule is CCC[C@H]1CCN(C2CCC2)C[C@@H]1C(=O)c1ccc2c(CC#N)c(OC)ccc2c1. The predicted octanol–water partition coefficient (Wildman–Crippen LogP) is 5.39. The molecule has 0 amide bonds. The first-order valence-electron chi connectivity index (χ1n) is 11.4. The second-order valence-electron chi connectivity index (χ2n) is 8.91. The van der Waals surface area contributed by atoms with Crippen LogP contribution in [0.3, 0.4) is 0 Å². The first-order valence-corrected chi connectivity index (χ1v) is 11.4. The molecule has 2 fully saturated rings. The number of nitriles is 1. The van der Waals surface area contributed by atoms with E-state index in [4.69, 9.17) is 4.74 Å². The number of ketones is 1. The predicted molar refractivity (Wildman–Crippen MR) is 120 cm³/mol. The van der Waals surface area contributed by atoms with Gasteiger partial charge in [0.25, 0.3) is 0 Å². The highest BCUT2D eigenvalue weighted by Crippen LogP contribution is 2.36. The molecule has 1 saturated carbocycles. The van der Waals surface area contributed by atoms with Gasteiger partial charge in [-0.3, -0.25) is 9.69 Å². The van der Waals surface area contributed by atoms with E-state index in [0.29, 0.717) is 18.4 Å². The number of hydrogen-bond acceptors (Lipinski definition) is 4. The lowest BCUT2D eigenvalue weighted by Crippen LogP contribution is -2.50. The Bertz CT molecular complexity index is 957. The number of likely N-dealkylation sites (tertiary alicyclic amines) is 1. The number of carbonyl (C=O) groups excluding carboxylic acids is 1. The van der Waals surface area contributed by atoms with Crippen molar-refractivity contribution in [3.8, 4) is 11.8 Å². The van der Waals surface area contributed by atoms with E-state index >= 15 is 0 Å². The van der Waals surface area contributed by atoms with Crippen LogP contribution >= 0.6 is 0 Å². The van der Waals surface area contributed by atoms with Gasteiger partial charge in [-0.1, -0.05) is 38.0 Å². The highest BCUT2D eigenvalue weighted by Gasteiger charge is 2.37. The molecule has 1 aliphatic heterocycles. The van der Waals surface area contributed by atoms with E-state index in [1.165, 1.54) is 19.3 Å². The van der Waals surface area contributed by atoms with Gasteiger partial charge in [-0.25, -0.2) is 0 Å². The maximum Gasteiger partial charge on any atom is 0.167 e. The number of benzene rings is 2. The van der Waals surface area contributed by atoms with Crippen LogP contribution in [0.4, 0.5) is 0 Å². The summed E-state index contributed by atoms with van der Waals surface area (Å²) in [6.45, 7) is 4.28. The van der Waals surface area contributed by atoms with Crippen molar-refractivity contribution in [2.75, 3.05) is 20.2 Å². The van der Waals surface area contributed by atoms with Gasteiger partial charge >= 0.3 is 0 Å². The quantitative estimate of drug-likeness (QED) is 0.581. The average molecular weight is 405 g/mol. The Hall–Kier alpha value is -2.38. The smallest absolute Gasteiger partial charge is 0.167 e. The highest BCUT2D eigenvalue weighted by atomic mass is 16.5. The summed E-state index contributed by atoms with van der Waals surface area (Å²) >= 11 is 0. The molecule has 4 heteroatoms. The molecule has 2 aromatic rings. The fourth-order valence-electron chi connectivity index (χ4n) is 5.32. The number of hydrogen-bond donors (Lipinski definition) is 0. The monoisotopic (exact) mass is 404 g/mol. The largest absolute Gasteiger partial charge is 0.496 e. The first-order chi connectivity index (χ1) is 14.7. The molecule has 0 aromatic heterocycles. The lowest BCUT2D eigenvalue weighted by atomic mass is 9.76. The highest BCUT2D eigenvalue weighted by molar-refractivity contribution is 6.02. The van der Waals surface area contributed by atoms with Crippen molar-refractivity contribution in [3.05, 3.63) is 41.5 Å². The molecule has 30 heavy (non-hydrogen) atoms. The second kappa shape index (κ2) is 9.18. The summed E-state index contributed by atoms with van der Waals surface area (Å²) < 4.78 is 5.45. The number of fused-ring (bicyclic) bond motifs is 1. The number of Topliss-reactive ketones (excluding diaryl/α,β-unsaturated/α-hetero) is 1. The van der Waals surface area contributed by atoms with E-state index in [0.717, 1.165) is 60.0 Å². The minimum Gasteiger partial charge on any atom is -0.496 e. The summed E-state index contributed by atoms with van der Waals surface area (Å²) in [6, 6.07) is 12.8. The normalized spacial score (nSPS) is 22.4. The van der Waals surface area contributed by atoms with Crippen LogP contribution in [0.2, 0.25) is 0 Å². The van der Waals surface area contributed by atoms with Crippen LogP contribution in [0, 0.1) is 23.2 Å². The third-order valence-corrected chi connectivity index (χ3v) is 7.22. The van der Waals surface area contributed by atoms with Crippen molar-refractivity contribution in [2.24, 2.45) is 11.8 Å². The Morgan fingerprint density at radius 3 is 2.73 bits per heavy atom. The van der Waals surface area contributed by atoms with E-state index < -0.39 is 0 Å². The van der Waals surface area contributed by atoms with Crippen molar-refractivity contribution < 1.29 is 9.53 Å². The van der Waals surface area contributed by atoms with Gasteiger partial charge in [0, 0.05) is 29.6 Å². The van der Waals surface area contributed by atoms with Crippen molar-refractivity contribution in [1.29, 1.82) is 5.26 Å². The summed E-state index contributed by atoms with van der Waals surface area (Å²) in [5.41, 5.74) is 1.70. The molecule has 0 unspecified atom stereocenters. The molecule has 0 spiro atoms. The molecule has 2 aliphatic rings. The van der Waals surface area contributed by atoms with E-state index in [1.54, 1.807) is 7.11 Å². The Kier molecular flexibility index (Phi) is 6.39. The maximum absolute atomic E-state index is 13.6. The van der Waals surface area contributed by atoms with Crippen LogP contribution in [-0.2, 0) is 6.42 Å². The molecule has 2 aromatic carbocycles. The summed E-state index contributed by atoms with van der Waals surface area (Å²) in [4.78, 5) is 16.2. The third kappa shape index (κ3) is 3.96. The first kappa shape index (κ1) is 20.9. The fourth-order valence-corrected chi connectivity index (χ4v) is 5.32. The molecule has 1 saturated heterocycles. The summed E-state index contributed by atoms with van der Waals surface area (Å²) in [7, 11) is 1.63. The number of methoxy groups -OCH3 is 1. The Balaban J connectivity index is 1.63. The molecular weight excluding hydrogens is 372 g/mol. The molecule has 1 heterocycles. The van der Waals surface area contributed by atoms with E-state index in [2.05, 4.69) is 17.9 Å². The van der Waals surface area contributed by atoms with Gasteiger partial charge in [-0.05, 0) is 61.1 Å². The van der Waals surface area contributed by atoms with Gasteiger partial charge in [-0.15, -0.1) is 0 Å². The van der Waals surface area contributed by atoms with Crippen molar-refractivity contribution in [2.45, 2.75) is 57.9 Å². The van der Waals surface area contributed by atoms with Gasteiger partial charge in [0.05, 0.1) is 19.6 Å². The van der Waals surface area contributed by atoms with Gasteiger partial charge in [-0.2, -0.15) is 5.26 Å². The lowest BCUT2D eigenvalue weighted by Gasteiger charge is -2.45. The third-order valence-electron chi connectivity index (χ3n) is 7.22. The van der Waals surface area contributed by atoms with Gasteiger partial charge < -0.3 is 4.74 Å². The molecule has 0 radical (unpaired) electrons. The van der Waals surface area contributed by atoms with E-state index in [1.807, 2.05) is 30.3 Å². The number of nitrogens with zero attached hydrogens (tertiary/aromatic N) is 2. The zero-order valence-electron chi connectivity index (χ0n) is 18.2. The summed E-state index contributed by atoms with van der Waals surface area (Å²) in [6.07, 6.45) is 7.61. The summed E-state index contributed by atoms with van der Waals surface area (Å²) in [5.74, 6) is 1.60. The molecule has 2 atom stereocenters. The molecule has 1 aliphatic carbocycles. The zero-order valence-corrected chi connectivity index (χ0v) is 18.2. The van der Waals surface area contributed by atoms with Crippen LogP contribution in [0.15, 0.2) is 30.3 Å². The number of carbonyl (C=O) groups is 1. The lowest BCUT2D eigenvalue weighted by molar-refractivity contribution is 0.0390. The molecule has 158 valence electrons. The standard InChI is InChI=1S/C26H32N2O2/c1-3-5-18-13-15-28(21-6-4-7-21)17-24(18)26(29)20-8-10-22-19(16-20)9-11-25(30-2)23(22)12-14-27/h8-11,16,18,21,24H,3-7,12-13,15,17H2,1-2H3/t18-,24-/m0/s1. The van der Waals surface area contributed by atoms with Crippen LogP contribution in [0.5, 0.6) is 5.75 Å². The van der Waals surface area contributed by atoms with E-state index in [9.17, 15) is 10.1 Å². The Labute approximate surface area is 179 Å². The summed E-state index contributed by atoms with van der Waals surface area (Å²) in [5, 5.41) is 11.2. The van der Waals surface area contributed by atoms with Crippen LogP contribution in [0.25, 0.3) is 10.8 Å². The number of ether oxygens (including phenoxy) is 1. The minimum absolute atomic E-state index is 0.0913. The van der Waals surface area contributed by atoms with Crippen LogP contribution in [0.1, 0.15) is 61.4 Å². The number of piperidine rings is 1. The molecule has 0 N–H and O–H groups in total. The van der Waals surface area contributed by atoms with Crippen LogP contribution in [-0.4, -0.2) is 36.9 Å². The van der Waals surface area contributed by atoms with Gasteiger partial charge in [0.15, 0.2) is 5.78 Å². The second-order valence-corrected chi connectivity index (χ2v) is 8.91.